The molecule has 0 fully saturated rings. The van der Waals surface area contributed by atoms with Gasteiger partial charge in [-0.2, -0.15) is 0 Å². The molecular weight excluding hydrogens is 320 g/mol. The maximum absolute atomic E-state index is 6.09. The van der Waals surface area contributed by atoms with Gasteiger partial charge in [-0.25, -0.2) is 9.97 Å². The molecule has 4 nitrogen and oxygen atoms in total. The van der Waals surface area contributed by atoms with E-state index in [1.165, 1.54) is 10.4 Å². The zero-order chi connectivity index (χ0) is 15.6. The molecule has 0 amide bonds. The molecule has 2 aromatic rings. The van der Waals surface area contributed by atoms with Gasteiger partial charge in [0, 0.05) is 18.0 Å². The van der Waals surface area contributed by atoms with Crippen LogP contribution in [0.4, 0.5) is 5.82 Å². The van der Waals surface area contributed by atoms with Crippen LogP contribution in [0.5, 0.6) is 0 Å². The van der Waals surface area contributed by atoms with Gasteiger partial charge >= 0.3 is 0 Å². The van der Waals surface area contributed by atoms with E-state index in [2.05, 4.69) is 42.6 Å². The fourth-order valence-corrected chi connectivity index (χ4v) is 4.40. The van der Waals surface area contributed by atoms with Gasteiger partial charge in [0.15, 0.2) is 0 Å². The summed E-state index contributed by atoms with van der Waals surface area (Å²) < 4.78 is 0.890. The minimum absolute atomic E-state index is 0.575. The quantitative estimate of drug-likeness (QED) is 0.856. The molecule has 0 radical (unpaired) electrons. The highest BCUT2D eigenvalue weighted by Gasteiger charge is 2.14. The number of anilines is 1. The summed E-state index contributed by atoms with van der Waals surface area (Å²) in [6, 6.07) is 0. The summed E-state index contributed by atoms with van der Waals surface area (Å²) >= 11 is 8.70. The van der Waals surface area contributed by atoms with Crippen molar-refractivity contribution in [2.75, 3.05) is 18.8 Å². The molecule has 2 N–H and O–H groups in total. The van der Waals surface area contributed by atoms with E-state index in [1.807, 2.05) is 0 Å². The molecule has 0 aromatic carbocycles. The second kappa shape index (κ2) is 6.89. The molecule has 0 aliphatic heterocycles. The van der Waals surface area contributed by atoms with Crippen molar-refractivity contribution in [3.05, 3.63) is 16.3 Å². The molecule has 2 rings (SSSR count). The van der Waals surface area contributed by atoms with E-state index in [0.29, 0.717) is 11.6 Å². The minimum atomic E-state index is 0.575. The van der Waals surface area contributed by atoms with Gasteiger partial charge in [0.2, 0.25) is 0 Å². The van der Waals surface area contributed by atoms with Crippen LogP contribution in [0, 0.1) is 13.8 Å². The highest BCUT2D eigenvalue weighted by molar-refractivity contribution is 8.22. The first kappa shape index (κ1) is 16.5. The van der Waals surface area contributed by atoms with Crippen LogP contribution in [-0.4, -0.2) is 32.3 Å². The van der Waals surface area contributed by atoms with Crippen LogP contribution in [0.1, 0.15) is 30.1 Å². The van der Waals surface area contributed by atoms with E-state index in [9.17, 15) is 0 Å². The van der Waals surface area contributed by atoms with Crippen molar-refractivity contribution in [2.24, 2.45) is 0 Å². The molecule has 0 saturated carbocycles. The third-order valence-electron chi connectivity index (χ3n) is 3.45. The lowest BCUT2D eigenvalue weighted by atomic mass is 10.2. The van der Waals surface area contributed by atoms with Crippen molar-refractivity contribution in [2.45, 2.75) is 33.4 Å². The Labute approximate surface area is 139 Å². The largest absolute Gasteiger partial charge is 0.383 e. The minimum Gasteiger partial charge on any atom is -0.383 e. The molecule has 2 heterocycles. The number of nitrogen functional groups attached to an aromatic ring is 1. The van der Waals surface area contributed by atoms with Crippen LogP contribution in [0.25, 0.3) is 10.2 Å². The number of thioether (sulfide) groups is 1. The number of thiophene rings is 1. The van der Waals surface area contributed by atoms with Crippen molar-refractivity contribution < 1.29 is 0 Å². The van der Waals surface area contributed by atoms with Crippen molar-refractivity contribution in [1.82, 2.24) is 14.9 Å². The summed E-state index contributed by atoms with van der Waals surface area (Å²) in [4.78, 5) is 13.4. The van der Waals surface area contributed by atoms with Gasteiger partial charge < -0.3 is 10.6 Å². The van der Waals surface area contributed by atoms with Gasteiger partial charge in [-0.15, -0.1) is 11.3 Å². The highest BCUT2D eigenvalue weighted by atomic mass is 32.2. The maximum Gasteiger partial charge on any atom is 0.142 e. The molecule has 0 aliphatic carbocycles. The van der Waals surface area contributed by atoms with E-state index in [1.54, 1.807) is 23.1 Å². The number of hydrogen-bond donors (Lipinski definition) is 1. The number of aromatic nitrogens is 2. The average molecular weight is 341 g/mol. The standard InChI is InChI=1S/C14H20N4S3/c1-5-18(6-2)14(19)20-7-10-16-12(15)11-8(3)9(4)21-13(11)17-10/h5-7H2,1-4H3,(H2,15,16,17). The fraction of sp³-hybridized carbons (Fsp3) is 0.500. The molecule has 21 heavy (non-hydrogen) atoms. The monoisotopic (exact) mass is 340 g/mol. The van der Waals surface area contributed by atoms with E-state index >= 15 is 0 Å². The molecule has 2 aromatic heterocycles. The first-order valence-electron chi connectivity index (χ1n) is 6.91. The Hall–Kier alpha value is -0.920. The van der Waals surface area contributed by atoms with Crippen LogP contribution in [0.3, 0.4) is 0 Å². The van der Waals surface area contributed by atoms with Crippen LogP contribution in [0.15, 0.2) is 0 Å². The summed E-state index contributed by atoms with van der Waals surface area (Å²) in [5.74, 6) is 1.98. The number of hydrogen-bond acceptors (Lipinski definition) is 6. The normalized spacial score (nSPS) is 11.0. The van der Waals surface area contributed by atoms with Crippen molar-refractivity contribution in [3.63, 3.8) is 0 Å². The predicted molar refractivity (Wildman–Crippen MR) is 98.1 cm³/mol. The second-order valence-corrected chi connectivity index (χ2v) is 7.53. The SMILES string of the molecule is CCN(CC)C(=S)SCc1nc(N)c2c(C)c(C)sc2n1. The predicted octanol–water partition coefficient (Wildman–Crippen LogP) is 3.75. The molecule has 0 unspecified atom stereocenters. The summed E-state index contributed by atoms with van der Waals surface area (Å²) in [5.41, 5.74) is 7.28. The lowest BCUT2D eigenvalue weighted by Gasteiger charge is -2.20. The number of nitrogens with zero attached hydrogens (tertiary/aromatic N) is 3. The first-order chi connectivity index (χ1) is 9.97. The van der Waals surface area contributed by atoms with Crippen LogP contribution in [0.2, 0.25) is 0 Å². The Kier molecular flexibility index (Phi) is 5.40. The smallest absolute Gasteiger partial charge is 0.142 e. The van der Waals surface area contributed by atoms with Crippen molar-refractivity contribution in [3.8, 4) is 0 Å². The summed E-state index contributed by atoms with van der Waals surface area (Å²) in [5, 5.41) is 0.998. The van der Waals surface area contributed by atoms with Crippen molar-refractivity contribution in [1.29, 1.82) is 0 Å². The van der Waals surface area contributed by atoms with Crippen LogP contribution >= 0.6 is 35.3 Å². The number of aryl methyl sites for hydroxylation is 2. The molecule has 0 saturated heterocycles. The lowest BCUT2D eigenvalue weighted by molar-refractivity contribution is 0.482. The summed E-state index contributed by atoms with van der Waals surface area (Å²) in [6.07, 6.45) is 0. The number of rotatable bonds is 4. The Bertz CT molecular complexity index is 662. The Morgan fingerprint density at radius 3 is 2.57 bits per heavy atom. The van der Waals surface area contributed by atoms with Crippen molar-refractivity contribution >= 4 is 55.7 Å². The van der Waals surface area contributed by atoms with E-state index in [0.717, 1.165) is 33.5 Å². The van der Waals surface area contributed by atoms with Gasteiger partial charge in [0.05, 0.1) is 11.1 Å². The Balaban J connectivity index is 2.18. The molecule has 0 bridgehead atoms. The molecule has 0 atom stereocenters. The second-order valence-electron chi connectivity index (χ2n) is 4.72. The number of fused-ring (bicyclic) bond motifs is 1. The molecule has 0 aliphatic rings. The fourth-order valence-electron chi connectivity index (χ4n) is 2.09. The number of nitrogens with two attached hydrogens (primary N) is 1. The van der Waals surface area contributed by atoms with Gasteiger partial charge in [-0.1, -0.05) is 24.0 Å². The molecule has 114 valence electrons. The van der Waals surface area contributed by atoms with Gasteiger partial charge in [-0.3, -0.25) is 0 Å². The third-order valence-corrected chi connectivity index (χ3v) is 6.07. The third kappa shape index (κ3) is 3.46. The van der Waals surface area contributed by atoms with Gasteiger partial charge in [-0.05, 0) is 33.3 Å². The topological polar surface area (TPSA) is 55.0 Å². The Morgan fingerprint density at radius 1 is 1.29 bits per heavy atom. The summed E-state index contributed by atoms with van der Waals surface area (Å²) in [7, 11) is 0. The van der Waals surface area contributed by atoms with E-state index in [-0.39, 0.29) is 0 Å². The summed E-state index contributed by atoms with van der Waals surface area (Å²) in [6.45, 7) is 10.2. The zero-order valence-electron chi connectivity index (χ0n) is 12.8. The van der Waals surface area contributed by atoms with Crippen LogP contribution in [-0.2, 0) is 5.75 Å². The molecule has 0 spiro atoms. The lowest BCUT2D eigenvalue weighted by Crippen LogP contribution is -2.26. The zero-order valence-corrected chi connectivity index (χ0v) is 15.2. The van der Waals surface area contributed by atoms with E-state index < -0.39 is 0 Å². The van der Waals surface area contributed by atoms with Gasteiger partial charge in [0.25, 0.3) is 0 Å². The van der Waals surface area contributed by atoms with E-state index in [4.69, 9.17) is 18.0 Å². The molecular formula is C14H20N4S3. The molecule has 7 heteroatoms. The first-order valence-corrected chi connectivity index (χ1v) is 9.12. The highest BCUT2D eigenvalue weighted by Crippen LogP contribution is 2.32. The van der Waals surface area contributed by atoms with Gasteiger partial charge in [0.1, 0.15) is 20.8 Å². The Morgan fingerprint density at radius 2 is 1.95 bits per heavy atom. The average Bonchev–Trinajstić information content (AvgIpc) is 2.73. The maximum atomic E-state index is 6.09. The van der Waals surface area contributed by atoms with Crippen LogP contribution < -0.4 is 5.73 Å². The number of thiocarbonyl (C=S) groups is 1.